The van der Waals surface area contributed by atoms with Crippen LogP contribution in [-0.4, -0.2) is 23.8 Å². The van der Waals surface area contributed by atoms with Gasteiger partial charge in [0.15, 0.2) is 0 Å². The van der Waals surface area contributed by atoms with E-state index >= 15 is 0 Å². The van der Waals surface area contributed by atoms with E-state index in [1.807, 2.05) is 6.92 Å². The van der Waals surface area contributed by atoms with Crippen LogP contribution in [0.1, 0.15) is 20.3 Å². The predicted octanol–water partition coefficient (Wildman–Crippen LogP) is 0.272. The molecule has 2 N–H and O–H groups in total. The van der Waals surface area contributed by atoms with Crippen LogP contribution in [0.4, 0.5) is 4.79 Å². The molecule has 0 bridgehead atoms. The summed E-state index contributed by atoms with van der Waals surface area (Å²) >= 11 is 0. The smallest absolute Gasteiger partial charge is 0.323 e. The summed E-state index contributed by atoms with van der Waals surface area (Å²) in [7, 11) is 0. The van der Waals surface area contributed by atoms with Gasteiger partial charge in [-0.05, 0) is 13.3 Å². The largest absolute Gasteiger partial charge is 0.333 e. The summed E-state index contributed by atoms with van der Waals surface area (Å²) in [6, 6.07) is 0.261. The van der Waals surface area contributed by atoms with Gasteiger partial charge in [0.1, 0.15) is 0 Å². The van der Waals surface area contributed by atoms with Gasteiger partial charge >= 0.3 is 6.03 Å². The highest BCUT2D eigenvalue weighted by Crippen LogP contribution is 2.02. The van der Waals surface area contributed by atoms with Gasteiger partial charge in [0.2, 0.25) is 0 Å². The Hall–Kier alpha value is -0.770. The van der Waals surface area contributed by atoms with Gasteiger partial charge in [0.25, 0.3) is 0 Å². The van der Waals surface area contributed by atoms with Gasteiger partial charge in [-0.3, -0.25) is 5.01 Å². The summed E-state index contributed by atoms with van der Waals surface area (Å²) in [5.41, 5.74) is 2.93. The third kappa shape index (κ3) is 1.21. The molecule has 0 aliphatic carbocycles. The number of carbonyl (C=O) groups excluding carboxylic acids is 1. The van der Waals surface area contributed by atoms with E-state index in [-0.39, 0.29) is 12.1 Å². The van der Waals surface area contributed by atoms with E-state index in [1.165, 1.54) is 0 Å². The zero-order chi connectivity index (χ0) is 7.56. The lowest BCUT2D eigenvalue weighted by atomic mass is 10.2. The average molecular weight is 143 g/mol. The molecule has 4 nitrogen and oxygen atoms in total. The number of nitrogens with zero attached hydrogens (tertiary/aromatic N) is 1. The topological polar surface area (TPSA) is 44.4 Å². The van der Waals surface area contributed by atoms with Gasteiger partial charge in [-0.25, -0.2) is 10.2 Å². The van der Waals surface area contributed by atoms with Crippen LogP contribution in [0.3, 0.4) is 0 Å². The Balaban J connectivity index is 2.46. The summed E-state index contributed by atoms with van der Waals surface area (Å²) in [6.07, 6.45) is 0.973. The van der Waals surface area contributed by atoms with Crippen molar-refractivity contribution in [2.24, 2.45) is 0 Å². The van der Waals surface area contributed by atoms with E-state index in [0.29, 0.717) is 6.67 Å². The van der Waals surface area contributed by atoms with E-state index in [1.54, 1.807) is 5.01 Å². The van der Waals surface area contributed by atoms with Crippen LogP contribution in [0.2, 0.25) is 0 Å². The Morgan fingerprint density at radius 2 is 2.50 bits per heavy atom. The number of amides is 2. The van der Waals surface area contributed by atoms with Crippen LogP contribution in [0.15, 0.2) is 0 Å². The van der Waals surface area contributed by atoms with E-state index in [9.17, 15) is 4.79 Å². The summed E-state index contributed by atoms with van der Waals surface area (Å²) in [6.45, 7) is 4.62. The summed E-state index contributed by atoms with van der Waals surface area (Å²) in [4.78, 5) is 10.9. The predicted molar refractivity (Wildman–Crippen MR) is 38.1 cm³/mol. The first kappa shape index (κ1) is 7.34. The highest BCUT2D eigenvalue weighted by molar-refractivity contribution is 5.75. The molecule has 2 amide bonds. The third-order valence-corrected chi connectivity index (χ3v) is 1.74. The van der Waals surface area contributed by atoms with Gasteiger partial charge in [-0.1, -0.05) is 6.92 Å². The Kier molecular flexibility index (Phi) is 2.11. The van der Waals surface area contributed by atoms with Gasteiger partial charge in [-0.2, -0.15) is 0 Å². The van der Waals surface area contributed by atoms with Gasteiger partial charge in [0, 0.05) is 6.04 Å². The molecule has 0 spiro atoms. The normalized spacial score (nSPS) is 21.0. The molecule has 1 aliphatic rings. The molecule has 0 radical (unpaired) electrons. The van der Waals surface area contributed by atoms with E-state index in [0.717, 1.165) is 6.42 Å². The van der Waals surface area contributed by atoms with Crippen LogP contribution in [0.5, 0.6) is 0 Å². The highest BCUT2D eigenvalue weighted by Gasteiger charge is 2.22. The maximum absolute atomic E-state index is 10.9. The molecule has 0 aromatic carbocycles. The van der Waals surface area contributed by atoms with Gasteiger partial charge in [-0.15, -0.1) is 0 Å². The number of hydrogen-bond acceptors (Lipinski definition) is 2. The summed E-state index contributed by atoms with van der Waals surface area (Å²) in [5.74, 6) is 0. The number of hydrogen-bond donors (Lipinski definition) is 2. The number of carbonyl (C=O) groups is 1. The first-order valence-corrected chi connectivity index (χ1v) is 3.56. The van der Waals surface area contributed by atoms with Gasteiger partial charge < -0.3 is 5.32 Å². The molecule has 1 heterocycles. The van der Waals surface area contributed by atoms with Crippen LogP contribution >= 0.6 is 0 Å². The molecule has 1 saturated heterocycles. The highest BCUT2D eigenvalue weighted by atomic mass is 16.2. The second-order valence-electron chi connectivity index (χ2n) is 2.44. The first-order chi connectivity index (χ1) is 4.75. The number of nitrogens with one attached hydrogen (secondary N) is 2. The Morgan fingerprint density at radius 1 is 1.80 bits per heavy atom. The van der Waals surface area contributed by atoms with E-state index in [4.69, 9.17) is 0 Å². The summed E-state index contributed by atoms with van der Waals surface area (Å²) in [5, 5.41) is 4.29. The fourth-order valence-corrected chi connectivity index (χ4v) is 0.896. The molecule has 0 saturated carbocycles. The van der Waals surface area contributed by atoms with Crippen LogP contribution in [0.25, 0.3) is 0 Å². The van der Waals surface area contributed by atoms with Crippen molar-refractivity contribution in [3.8, 4) is 0 Å². The lowest BCUT2D eigenvalue weighted by Crippen LogP contribution is -2.41. The van der Waals surface area contributed by atoms with E-state index in [2.05, 4.69) is 17.7 Å². The van der Waals surface area contributed by atoms with Crippen molar-refractivity contribution >= 4 is 6.03 Å². The number of urea groups is 1. The Morgan fingerprint density at radius 3 is 2.90 bits per heavy atom. The van der Waals surface area contributed by atoms with Gasteiger partial charge in [0.05, 0.1) is 6.67 Å². The van der Waals surface area contributed by atoms with Crippen molar-refractivity contribution in [2.45, 2.75) is 26.3 Å². The molecule has 1 rings (SSSR count). The number of hydrazine groups is 1. The lowest BCUT2D eigenvalue weighted by Gasteiger charge is -2.20. The van der Waals surface area contributed by atoms with Crippen LogP contribution < -0.4 is 10.7 Å². The maximum atomic E-state index is 10.9. The minimum absolute atomic E-state index is 0.0191. The first-order valence-electron chi connectivity index (χ1n) is 3.56. The standard InChI is InChI=1S/C6H13N3O/c1-3-5(2)9-6(10)7-4-8-9/h5,8H,3-4H2,1-2H3,(H,7,10)/t5-/m1/s1. The quantitative estimate of drug-likeness (QED) is 0.583. The molecule has 1 fully saturated rings. The minimum Gasteiger partial charge on any atom is -0.323 e. The zero-order valence-electron chi connectivity index (χ0n) is 6.35. The average Bonchev–Trinajstić information content (AvgIpc) is 2.34. The maximum Gasteiger partial charge on any atom is 0.333 e. The minimum atomic E-state index is -0.0191. The molecular formula is C6H13N3O. The van der Waals surface area contributed by atoms with Crippen molar-refractivity contribution in [3.63, 3.8) is 0 Å². The SMILES string of the molecule is CC[C@@H](C)N1NCNC1=O. The monoisotopic (exact) mass is 143 g/mol. The molecule has 1 atom stereocenters. The van der Waals surface area contributed by atoms with Crippen molar-refractivity contribution < 1.29 is 4.79 Å². The fourth-order valence-electron chi connectivity index (χ4n) is 0.896. The van der Waals surface area contributed by atoms with Crippen LogP contribution in [0, 0.1) is 0 Å². The second-order valence-corrected chi connectivity index (χ2v) is 2.44. The fraction of sp³-hybridized carbons (Fsp3) is 0.833. The number of rotatable bonds is 2. The third-order valence-electron chi connectivity index (χ3n) is 1.74. The second kappa shape index (κ2) is 2.88. The molecule has 10 heavy (non-hydrogen) atoms. The van der Waals surface area contributed by atoms with E-state index < -0.39 is 0 Å². The molecule has 1 aliphatic heterocycles. The zero-order valence-corrected chi connectivity index (χ0v) is 6.35. The molecule has 4 heteroatoms. The van der Waals surface area contributed by atoms with Crippen molar-refractivity contribution in [2.75, 3.05) is 6.67 Å². The summed E-state index contributed by atoms with van der Waals surface area (Å²) < 4.78 is 0. The Bertz CT molecular complexity index is 137. The van der Waals surface area contributed by atoms with Crippen molar-refractivity contribution in [1.29, 1.82) is 0 Å². The van der Waals surface area contributed by atoms with Crippen molar-refractivity contribution in [3.05, 3.63) is 0 Å². The van der Waals surface area contributed by atoms with Crippen molar-refractivity contribution in [1.82, 2.24) is 15.8 Å². The molecule has 0 aromatic rings. The molecule has 0 aromatic heterocycles. The molecule has 0 unspecified atom stereocenters. The lowest BCUT2D eigenvalue weighted by molar-refractivity contribution is 0.175. The van der Waals surface area contributed by atoms with Crippen LogP contribution in [-0.2, 0) is 0 Å². The Labute approximate surface area is 60.5 Å². The molecule has 58 valence electrons. The molecular weight excluding hydrogens is 130 g/mol.